The molecule has 0 bridgehead atoms. The third-order valence-corrected chi connectivity index (χ3v) is 4.09. The Kier molecular flexibility index (Phi) is 4.24. The maximum Gasteiger partial charge on any atom is 0.159 e. The number of benzene rings is 2. The summed E-state index contributed by atoms with van der Waals surface area (Å²) in [4.78, 5) is 0. The lowest BCUT2D eigenvalue weighted by atomic mass is 10.1. The molecule has 0 heterocycles. The molecule has 22 heavy (non-hydrogen) atoms. The van der Waals surface area contributed by atoms with Gasteiger partial charge in [-0.1, -0.05) is 37.3 Å². The Balaban J connectivity index is 1.71. The highest BCUT2D eigenvalue weighted by Crippen LogP contribution is 2.28. The molecule has 0 aliphatic heterocycles. The van der Waals surface area contributed by atoms with E-state index < -0.39 is 11.6 Å². The lowest BCUT2D eigenvalue weighted by Gasteiger charge is -1.99. The molecular weight excluding hydrogens is 278 g/mol. The van der Waals surface area contributed by atoms with Crippen LogP contribution in [0.1, 0.15) is 35.6 Å². The Morgan fingerprint density at radius 2 is 1.59 bits per heavy atom. The first-order valence-electron chi connectivity index (χ1n) is 7.73. The van der Waals surface area contributed by atoms with Crippen LogP contribution in [0.2, 0.25) is 0 Å². The summed E-state index contributed by atoms with van der Waals surface area (Å²) in [5.74, 6) is 5.04. The van der Waals surface area contributed by atoms with Crippen LogP contribution in [-0.4, -0.2) is 0 Å². The van der Waals surface area contributed by atoms with Crippen LogP contribution in [0.4, 0.5) is 8.78 Å². The van der Waals surface area contributed by atoms with E-state index >= 15 is 0 Å². The second-order valence-electron chi connectivity index (χ2n) is 5.86. The second kappa shape index (κ2) is 6.32. The van der Waals surface area contributed by atoms with Crippen molar-refractivity contribution in [3.8, 4) is 11.8 Å². The number of fused-ring (bicyclic) bond motifs is 1. The second-order valence-corrected chi connectivity index (χ2v) is 5.86. The maximum atomic E-state index is 13.2. The number of hydrogen-bond donors (Lipinski definition) is 0. The third kappa shape index (κ3) is 3.20. The van der Waals surface area contributed by atoms with Crippen molar-refractivity contribution in [2.75, 3.05) is 0 Å². The molecule has 0 saturated heterocycles. The van der Waals surface area contributed by atoms with Gasteiger partial charge < -0.3 is 0 Å². The molecule has 1 aliphatic carbocycles. The standard InChI is InChI=1S/C20H18F2/c1-2-3-14-4-6-15(7-5-14)8-9-16-10-17-12-19(21)20(22)13-18(17)11-16/h4-7,12-13,16H,2-3,10-11H2,1H3. The molecule has 0 radical (unpaired) electrons. The van der Waals surface area contributed by atoms with Crippen molar-refractivity contribution < 1.29 is 8.78 Å². The van der Waals surface area contributed by atoms with Gasteiger partial charge in [0, 0.05) is 11.5 Å². The Bertz CT molecular complexity index is 702. The van der Waals surface area contributed by atoms with Gasteiger partial charge in [0.2, 0.25) is 0 Å². The first-order chi connectivity index (χ1) is 10.7. The molecule has 1 aliphatic rings. The Labute approximate surface area is 130 Å². The fourth-order valence-electron chi connectivity index (χ4n) is 2.94. The summed E-state index contributed by atoms with van der Waals surface area (Å²) in [5, 5.41) is 0. The Morgan fingerprint density at radius 1 is 1.00 bits per heavy atom. The smallest absolute Gasteiger partial charge is 0.159 e. The van der Waals surface area contributed by atoms with Crippen molar-refractivity contribution in [2.45, 2.75) is 32.6 Å². The molecule has 0 N–H and O–H groups in total. The molecule has 112 valence electrons. The zero-order chi connectivity index (χ0) is 15.5. The summed E-state index contributed by atoms with van der Waals surface area (Å²) in [5.41, 5.74) is 4.09. The van der Waals surface area contributed by atoms with E-state index in [1.165, 1.54) is 17.7 Å². The fraction of sp³-hybridized carbons (Fsp3) is 0.300. The minimum atomic E-state index is -0.765. The van der Waals surface area contributed by atoms with E-state index in [0.717, 1.165) is 29.5 Å². The minimum absolute atomic E-state index is 0.145. The van der Waals surface area contributed by atoms with Crippen LogP contribution < -0.4 is 0 Å². The molecule has 0 spiro atoms. The zero-order valence-corrected chi connectivity index (χ0v) is 12.6. The normalized spacial score (nSPS) is 13.6. The average molecular weight is 296 g/mol. The van der Waals surface area contributed by atoms with E-state index in [1.807, 2.05) is 12.1 Å². The van der Waals surface area contributed by atoms with Crippen LogP contribution in [0.25, 0.3) is 0 Å². The summed E-state index contributed by atoms with van der Waals surface area (Å²) in [6.07, 6.45) is 3.63. The van der Waals surface area contributed by atoms with Gasteiger partial charge in [-0.15, -0.1) is 0 Å². The third-order valence-electron chi connectivity index (χ3n) is 4.09. The predicted molar refractivity (Wildman–Crippen MR) is 84.6 cm³/mol. The van der Waals surface area contributed by atoms with Crippen molar-refractivity contribution >= 4 is 0 Å². The van der Waals surface area contributed by atoms with Crippen molar-refractivity contribution in [2.24, 2.45) is 5.92 Å². The van der Waals surface area contributed by atoms with Crippen molar-refractivity contribution in [3.05, 3.63) is 70.3 Å². The molecule has 0 unspecified atom stereocenters. The molecule has 0 atom stereocenters. The highest BCUT2D eigenvalue weighted by Gasteiger charge is 2.22. The van der Waals surface area contributed by atoms with E-state index in [2.05, 4.69) is 30.9 Å². The number of rotatable bonds is 2. The molecule has 0 nitrogen and oxygen atoms in total. The van der Waals surface area contributed by atoms with Crippen molar-refractivity contribution in [3.63, 3.8) is 0 Å². The molecule has 0 saturated carbocycles. The van der Waals surface area contributed by atoms with Gasteiger partial charge in [0.15, 0.2) is 11.6 Å². The molecule has 0 amide bonds. The van der Waals surface area contributed by atoms with Crippen molar-refractivity contribution in [1.82, 2.24) is 0 Å². The predicted octanol–water partition coefficient (Wildman–Crippen LogP) is 4.68. The SMILES string of the molecule is CCCc1ccc(C#CC2Cc3cc(F)c(F)cc3C2)cc1. The van der Waals surface area contributed by atoms with E-state index in [1.54, 1.807) is 0 Å². The molecule has 3 rings (SSSR count). The topological polar surface area (TPSA) is 0 Å². The average Bonchev–Trinajstić information content (AvgIpc) is 2.89. The molecule has 0 aromatic heterocycles. The van der Waals surface area contributed by atoms with E-state index in [4.69, 9.17) is 0 Å². The summed E-state index contributed by atoms with van der Waals surface area (Å²) in [6.45, 7) is 2.16. The molecule has 0 fully saturated rings. The molecule has 2 aromatic rings. The Morgan fingerprint density at radius 3 is 2.14 bits per heavy atom. The van der Waals surface area contributed by atoms with Gasteiger partial charge in [0.25, 0.3) is 0 Å². The molecule has 2 heteroatoms. The quantitative estimate of drug-likeness (QED) is 0.706. The highest BCUT2D eigenvalue weighted by molar-refractivity contribution is 5.40. The van der Waals surface area contributed by atoms with Crippen LogP contribution in [0.15, 0.2) is 36.4 Å². The highest BCUT2D eigenvalue weighted by atomic mass is 19.2. The summed E-state index contributed by atoms with van der Waals surface area (Å²) in [6, 6.07) is 10.9. The maximum absolute atomic E-state index is 13.2. The van der Waals surface area contributed by atoms with Crippen LogP contribution in [0.5, 0.6) is 0 Å². The van der Waals surface area contributed by atoms with Crippen molar-refractivity contribution in [1.29, 1.82) is 0 Å². The fourth-order valence-corrected chi connectivity index (χ4v) is 2.94. The first kappa shape index (κ1) is 14.8. The molecular formula is C20H18F2. The van der Waals surface area contributed by atoms with Crippen LogP contribution >= 0.6 is 0 Å². The largest absolute Gasteiger partial charge is 0.204 e. The van der Waals surface area contributed by atoms with Gasteiger partial charge in [-0.2, -0.15) is 0 Å². The number of hydrogen-bond acceptors (Lipinski definition) is 0. The van der Waals surface area contributed by atoms with Gasteiger partial charge in [-0.3, -0.25) is 0 Å². The summed E-state index contributed by atoms with van der Waals surface area (Å²) >= 11 is 0. The lowest BCUT2D eigenvalue weighted by Crippen LogP contribution is -1.94. The van der Waals surface area contributed by atoms with Crippen LogP contribution in [-0.2, 0) is 19.3 Å². The van der Waals surface area contributed by atoms with Gasteiger partial charge >= 0.3 is 0 Å². The number of aryl methyl sites for hydroxylation is 1. The Hall–Kier alpha value is -2.14. The minimum Gasteiger partial charge on any atom is -0.204 e. The summed E-state index contributed by atoms with van der Waals surface area (Å²) < 4.78 is 26.5. The van der Waals surface area contributed by atoms with Gasteiger partial charge in [0.1, 0.15) is 0 Å². The lowest BCUT2D eigenvalue weighted by molar-refractivity contribution is 0.507. The van der Waals surface area contributed by atoms with Crippen LogP contribution in [0.3, 0.4) is 0 Å². The van der Waals surface area contributed by atoms with E-state index in [0.29, 0.717) is 12.8 Å². The van der Waals surface area contributed by atoms with E-state index in [-0.39, 0.29) is 5.92 Å². The van der Waals surface area contributed by atoms with E-state index in [9.17, 15) is 8.78 Å². The van der Waals surface area contributed by atoms with Gasteiger partial charge in [0.05, 0.1) is 0 Å². The van der Waals surface area contributed by atoms with Gasteiger partial charge in [-0.05, 0) is 60.2 Å². The summed E-state index contributed by atoms with van der Waals surface area (Å²) in [7, 11) is 0. The zero-order valence-electron chi connectivity index (χ0n) is 12.6. The monoisotopic (exact) mass is 296 g/mol. The molecule has 2 aromatic carbocycles. The van der Waals surface area contributed by atoms with Gasteiger partial charge in [-0.25, -0.2) is 8.78 Å². The number of halogens is 2. The van der Waals surface area contributed by atoms with Crippen LogP contribution in [0, 0.1) is 29.4 Å². The first-order valence-corrected chi connectivity index (χ1v) is 7.73.